The minimum atomic E-state index is 0.212. The highest BCUT2D eigenvalue weighted by Crippen LogP contribution is 2.20. The lowest BCUT2D eigenvalue weighted by molar-refractivity contribution is -0.126. The molecule has 21 heavy (non-hydrogen) atoms. The fourth-order valence-corrected chi connectivity index (χ4v) is 3.27. The van der Waals surface area contributed by atoms with Crippen molar-refractivity contribution in [2.75, 3.05) is 39.9 Å². The van der Waals surface area contributed by atoms with Gasteiger partial charge in [-0.1, -0.05) is 20.8 Å². The molecule has 0 saturated carbocycles. The summed E-state index contributed by atoms with van der Waals surface area (Å²) in [5.41, 5.74) is 0. The first-order valence-electron chi connectivity index (χ1n) is 8.52. The molecular formula is C17H34N2O2. The van der Waals surface area contributed by atoms with Crippen molar-refractivity contribution >= 4 is 5.91 Å². The van der Waals surface area contributed by atoms with Crippen LogP contribution in [0.5, 0.6) is 0 Å². The summed E-state index contributed by atoms with van der Waals surface area (Å²) in [6.07, 6.45) is 4.20. The van der Waals surface area contributed by atoms with Crippen molar-refractivity contribution in [3.63, 3.8) is 0 Å². The lowest BCUT2D eigenvalue weighted by Crippen LogP contribution is -2.42. The molecule has 1 N–H and O–H groups in total. The highest BCUT2D eigenvalue weighted by atomic mass is 16.5. The number of piperidine rings is 1. The Morgan fingerprint density at radius 1 is 1.29 bits per heavy atom. The van der Waals surface area contributed by atoms with Crippen LogP contribution in [0.4, 0.5) is 0 Å². The molecule has 1 rings (SSSR count). The zero-order valence-electron chi connectivity index (χ0n) is 14.4. The largest absolute Gasteiger partial charge is 0.385 e. The van der Waals surface area contributed by atoms with E-state index in [4.69, 9.17) is 4.74 Å². The Balaban J connectivity index is 2.17. The van der Waals surface area contributed by atoms with E-state index in [1.165, 1.54) is 13.0 Å². The van der Waals surface area contributed by atoms with Crippen molar-refractivity contribution in [2.24, 2.45) is 17.8 Å². The summed E-state index contributed by atoms with van der Waals surface area (Å²) >= 11 is 0. The van der Waals surface area contributed by atoms with Crippen LogP contribution in [0, 0.1) is 17.8 Å². The molecule has 0 aliphatic carbocycles. The fraction of sp³-hybridized carbons (Fsp3) is 0.941. The summed E-state index contributed by atoms with van der Waals surface area (Å²) in [7, 11) is 1.69. The van der Waals surface area contributed by atoms with Gasteiger partial charge >= 0.3 is 0 Å². The van der Waals surface area contributed by atoms with Gasteiger partial charge in [-0.05, 0) is 50.6 Å². The monoisotopic (exact) mass is 298 g/mol. The number of likely N-dealkylation sites (tertiary alicyclic amines) is 1. The first-order valence-corrected chi connectivity index (χ1v) is 8.52. The van der Waals surface area contributed by atoms with E-state index in [2.05, 4.69) is 31.0 Å². The summed E-state index contributed by atoms with van der Waals surface area (Å²) < 4.78 is 4.99. The number of amides is 1. The van der Waals surface area contributed by atoms with E-state index in [1.54, 1.807) is 7.11 Å². The van der Waals surface area contributed by atoms with Gasteiger partial charge in [0, 0.05) is 32.7 Å². The number of methoxy groups -OCH3 is 1. The highest BCUT2D eigenvalue weighted by Gasteiger charge is 2.25. The molecule has 0 aromatic heterocycles. The first-order chi connectivity index (χ1) is 10.0. The van der Waals surface area contributed by atoms with Gasteiger partial charge in [-0.2, -0.15) is 0 Å². The Bertz CT molecular complexity index is 287. The van der Waals surface area contributed by atoms with E-state index in [0.717, 1.165) is 50.7 Å². The third-order valence-corrected chi connectivity index (χ3v) is 4.23. The number of ether oxygens (including phenoxy) is 1. The number of nitrogens with zero attached hydrogens (tertiary/aromatic N) is 1. The maximum atomic E-state index is 12.1. The molecule has 0 aromatic rings. The van der Waals surface area contributed by atoms with Crippen LogP contribution in [0.15, 0.2) is 0 Å². The maximum Gasteiger partial charge on any atom is 0.223 e. The smallest absolute Gasteiger partial charge is 0.223 e. The van der Waals surface area contributed by atoms with Crippen LogP contribution in [0.3, 0.4) is 0 Å². The molecule has 0 spiro atoms. The topological polar surface area (TPSA) is 41.6 Å². The molecule has 1 amide bonds. The molecule has 1 heterocycles. The molecule has 1 atom stereocenters. The fourth-order valence-electron chi connectivity index (χ4n) is 3.27. The maximum absolute atomic E-state index is 12.1. The molecule has 0 unspecified atom stereocenters. The number of carbonyl (C=O) groups excluding carboxylic acids is 1. The summed E-state index contributed by atoms with van der Waals surface area (Å²) in [5, 5.41) is 3.03. The number of hydrogen-bond donors (Lipinski definition) is 1. The van der Waals surface area contributed by atoms with Crippen molar-refractivity contribution in [1.82, 2.24) is 10.2 Å². The predicted octanol–water partition coefficient (Wildman–Crippen LogP) is 2.53. The van der Waals surface area contributed by atoms with E-state index in [1.807, 2.05) is 0 Å². The van der Waals surface area contributed by atoms with Crippen molar-refractivity contribution in [2.45, 2.75) is 46.5 Å². The number of carbonyl (C=O) groups is 1. The van der Waals surface area contributed by atoms with Gasteiger partial charge in [0.2, 0.25) is 5.91 Å². The van der Waals surface area contributed by atoms with Gasteiger partial charge in [0.1, 0.15) is 0 Å². The van der Waals surface area contributed by atoms with Gasteiger partial charge in [0.05, 0.1) is 0 Å². The standard InChI is InChI=1S/C17H34N2O2/c1-14(2)12-15(3)13-19-9-6-16(7-10-19)17(20)18-8-5-11-21-4/h14-16H,5-13H2,1-4H3,(H,18,20)/t15-/m0/s1. The number of rotatable bonds is 9. The molecule has 1 aliphatic rings. The van der Waals surface area contributed by atoms with Crippen molar-refractivity contribution in [3.05, 3.63) is 0 Å². The van der Waals surface area contributed by atoms with Gasteiger partial charge in [-0.25, -0.2) is 0 Å². The minimum absolute atomic E-state index is 0.212. The van der Waals surface area contributed by atoms with E-state index in [0.29, 0.717) is 6.61 Å². The molecule has 1 fully saturated rings. The molecule has 0 radical (unpaired) electrons. The van der Waals surface area contributed by atoms with Crippen LogP contribution in [-0.4, -0.2) is 50.7 Å². The van der Waals surface area contributed by atoms with Gasteiger partial charge < -0.3 is 15.0 Å². The zero-order chi connectivity index (χ0) is 15.7. The Labute approximate surface area is 130 Å². The van der Waals surface area contributed by atoms with Crippen molar-refractivity contribution < 1.29 is 9.53 Å². The van der Waals surface area contributed by atoms with E-state index < -0.39 is 0 Å². The second-order valence-corrected chi connectivity index (χ2v) is 6.95. The molecule has 1 aliphatic heterocycles. The Morgan fingerprint density at radius 3 is 2.52 bits per heavy atom. The molecule has 0 bridgehead atoms. The van der Waals surface area contributed by atoms with Crippen molar-refractivity contribution in [1.29, 1.82) is 0 Å². The zero-order valence-corrected chi connectivity index (χ0v) is 14.4. The van der Waals surface area contributed by atoms with E-state index in [-0.39, 0.29) is 11.8 Å². The first kappa shape index (κ1) is 18.4. The highest BCUT2D eigenvalue weighted by molar-refractivity contribution is 5.78. The normalized spacial score (nSPS) is 18.9. The molecule has 4 nitrogen and oxygen atoms in total. The Hall–Kier alpha value is -0.610. The van der Waals surface area contributed by atoms with Gasteiger partial charge in [0.25, 0.3) is 0 Å². The van der Waals surface area contributed by atoms with Crippen LogP contribution < -0.4 is 5.32 Å². The van der Waals surface area contributed by atoms with Crippen molar-refractivity contribution in [3.8, 4) is 0 Å². The van der Waals surface area contributed by atoms with Crippen LogP contribution in [0.1, 0.15) is 46.5 Å². The van der Waals surface area contributed by atoms with Crippen LogP contribution in [0.25, 0.3) is 0 Å². The summed E-state index contributed by atoms with van der Waals surface area (Å²) in [4.78, 5) is 14.6. The minimum Gasteiger partial charge on any atom is -0.385 e. The number of hydrogen-bond acceptors (Lipinski definition) is 3. The average molecular weight is 298 g/mol. The quantitative estimate of drug-likeness (QED) is 0.665. The van der Waals surface area contributed by atoms with E-state index >= 15 is 0 Å². The third-order valence-electron chi connectivity index (χ3n) is 4.23. The van der Waals surface area contributed by atoms with Gasteiger partial charge in [0.15, 0.2) is 0 Å². The average Bonchev–Trinajstić information content (AvgIpc) is 2.43. The Morgan fingerprint density at radius 2 is 1.95 bits per heavy atom. The molecule has 1 saturated heterocycles. The lowest BCUT2D eigenvalue weighted by atomic mass is 9.93. The summed E-state index contributed by atoms with van der Waals surface area (Å²) in [5.74, 6) is 1.98. The van der Waals surface area contributed by atoms with Crippen LogP contribution >= 0.6 is 0 Å². The van der Waals surface area contributed by atoms with Crippen LogP contribution in [-0.2, 0) is 9.53 Å². The molecule has 4 heteroatoms. The second-order valence-electron chi connectivity index (χ2n) is 6.95. The summed E-state index contributed by atoms with van der Waals surface area (Å²) in [6.45, 7) is 11.7. The predicted molar refractivity (Wildman–Crippen MR) is 87.3 cm³/mol. The van der Waals surface area contributed by atoms with Crippen LogP contribution in [0.2, 0.25) is 0 Å². The van der Waals surface area contributed by atoms with E-state index in [9.17, 15) is 4.79 Å². The summed E-state index contributed by atoms with van der Waals surface area (Å²) in [6, 6.07) is 0. The molecule has 0 aromatic carbocycles. The molecular weight excluding hydrogens is 264 g/mol. The SMILES string of the molecule is COCCCNC(=O)C1CCN(C[C@@H](C)CC(C)C)CC1. The van der Waals surface area contributed by atoms with Gasteiger partial charge in [-0.15, -0.1) is 0 Å². The molecule has 124 valence electrons. The van der Waals surface area contributed by atoms with Gasteiger partial charge in [-0.3, -0.25) is 4.79 Å². The number of nitrogens with one attached hydrogen (secondary N) is 1. The second kappa shape index (κ2) is 10.2. The lowest BCUT2D eigenvalue weighted by Gasteiger charge is -2.33. The third kappa shape index (κ3) is 7.82. The Kier molecular flexibility index (Phi) is 8.93.